The zero-order valence-electron chi connectivity index (χ0n) is 15.5. The lowest BCUT2D eigenvalue weighted by atomic mass is 10.1. The SMILES string of the molecule is CCCCCCCCNC(=O)NP(=O)(c1ccccc1)c1ccccc1. The largest absolute Gasteiger partial charge is 0.338 e. The van der Waals surface area contributed by atoms with Gasteiger partial charge in [-0.05, 0) is 30.7 Å². The number of hydrogen-bond donors (Lipinski definition) is 2. The maximum Gasteiger partial charge on any atom is 0.320 e. The number of carbonyl (C=O) groups is 1. The summed E-state index contributed by atoms with van der Waals surface area (Å²) < 4.78 is 13.7. The molecule has 0 heterocycles. The zero-order chi connectivity index (χ0) is 18.7. The number of rotatable bonds is 10. The van der Waals surface area contributed by atoms with Gasteiger partial charge in [-0.1, -0.05) is 75.4 Å². The van der Waals surface area contributed by atoms with Crippen LogP contribution in [0, 0.1) is 0 Å². The molecule has 0 aliphatic heterocycles. The van der Waals surface area contributed by atoms with Crippen LogP contribution in [0.15, 0.2) is 60.7 Å². The summed E-state index contributed by atoms with van der Waals surface area (Å²) in [6.45, 7) is 2.80. The lowest BCUT2D eigenvalue weighted by Crippen LogP contribution is -2.39. The predicted octanol–water partition coefficient (Wildman–Crippen LogP) is 4.58. The van der Waals surface area contributed by atoms with E-state index in [0.717, 1.165) is 12.8 Å². The predicted molar refractivity (Wildman–Crippen MR) is 110 cm³/mol. The molecule has 0 saturated carbocycles. The minimum absolute atomic E-state index is 0.380. The van der Waals surface area contributed by atoms with E-state index in [1.165, 1.54) is 25.7 Å². The van der Waals surface area contributed by atoms with Gasteiger partial charge in [0, 0.05) is 17.2 Å². The van der Waals surface area contributed by atoms with Gasteiger partial charge in [-0.3, -0.25) is 9.65 Å². The van der Waals surface area contributed by atoms with Gasteiger partial charge in [-0.25, -0.2) is 4.79 Å². The van der Waals surface area contributed by atoms with Crippen molar-refractivity contribution in [2.75, 3.05) is 6.54 Å². The molecule has 2 aromatic rings. The van der Waals surface area contributed by atoms with Crippen LogP contribution in [-0.4, -0.2) is 12.6 Å². The monoisotopic (exact) mass is 372 g/mol. The molecule has 0 aliphatic rings. The molecule has 140 valence electrons. The van der Waals surface area contributed by atoms with Crippen molar-refractivity contribution in [1.29, 1.82) is 0 Å². The first-order chi connectivity index (χ1) is 12.7. The first-order valence-electron chi connectivity index (χ1n) is 9.44. The highest BCUT2D eigenvalue weighted by Crippen LogP contribution is 2.38. The fraction of sp³-hybridized carbons (Fsp3) is 0.381. The third kappa shape index (κ3) is 6.03. The molecule has 0 fully saturated rings. The number of benzene rings is 2. The second kappa shape index (κ2) is 10.8. The molecule has 26 heavy (non-hydrogen) atoms. The van der Waals surface area contributed by atoms with E-state index in [2.05, 4.69) is 17.3 Å². The molecule has 0 saturated heterocycles. The molecule has 4 nitrogen and oxygen atoms in total. The molecule has 0 spiro atoms. The highest BCUT2D eigenvalue weighted by atomic mass is 31.2. The summed E-state index contributed by atoms with van der Waals surface area (Å²) in [5.41, 5.74) is 0. The molecule has 2 rings (SSSR count). The van der Waals surface area contributed by atoms with Gasteiger partial charge in [0.25, 0.3) is 0 Å². The van der Waals surface area contributed by atoms with Crippen LogP contribution in [0.5, 0.6) is 0 Å². The molecular formula is C21H29N2O2P. The van der Waals surface area contributed by atoms with Gasteiger partial charge >= 0.3 is 6.03 Å². The number of hydrogen-bond acceptors (Lipinski definition) is 2. The topological polar surface area (TPSA) is 58.2 Å². The quantitative estimate of drug-likeness (QED) is 0.474. The van der Waals surface area contributed by atoms with Gasteiger partial charge in [-0.2, -0.15) is 0 Å². The van der Waals surface area contributed by atoms with E-state index in [1.54, 1.807) is 24.3 Å². The number of unbranched alkanes of at least 4 members (excludes halogenated alkanes) is 5. The average Bonchev–Trinajstić information content (AvgIpc) is 2.68. The van der Waals surface area contributed by atoms with Crippen molar-refractivity contribution >= 4 is 23.9 Å². The van der Waals surface area contributed by atoms with Gasteiger partial charge in [0.15, 0.2) is 0 Å². The smallest absolute Gasteiger partial charge is 0.320 e. The van der Waals surface area contributed by atoms with Crippen LogP contribution in [0.3, 0.4) is 0 Å². The standard InChI is InChI=1S/C21H29N2O2P/c1-2-3-4-5-6-13-18-22-21(24)23-26(25,19-14-9-7-10-15-19)20-16-11-8-12-17-20/h7-12,14-17H,2-6,13,18H2,1H3,(H2,22,23,24,25). The summed E-state index contributed by atoms with van der Waals surface area (Å²) in [4.78, 5) is 12.3. The van der Waals surface area contributed by atoms with E-state index in [0.29, 0.717) is 17.2 Å². The van der Waals surface area contributed by atoms with Crippen LogP contribution < -0.4 is 21.0 Å². The molecule has 2 aromatic carbocycles. The van der Waals surface area contributed by atoms with E-state index < -0.39 is 7.29 Å². The average molecular weight is 372 g/mol. The summed E-state index contributed by atoms with van der Waals surface area (Å²) in [6, 6.07) is 17.9. The molecule has 0 bridgehead atoms. The molecular weight excluding hydrogens is 343 g/mol. The van der Waals surface area contributed by atoms with Crippen LogP contribution in [-0.2, 0) is 4.57 Å². The Morgan fingerprint density at radius 1 is 0.808 bits per heavy atom. The highest BCUT2D eigenvalue weighted by molar-refractivity contribution is 7.77. The Labute approximate surface area is 156 Å². The maximum absolute atomic E-state index is 13.7. The molecule has 2 N–H and O–H groups in total. The third-order valence-corrected chi connectivity index (χ3v) is 6.88. The number of carbonyl (C=O) groups excluding carboxylic acids is 1. The van der Waals surface area contributed by atoms with Gasteiger partial charge < -0.3 is 5.32 Å². The van der Waals surface area contributed by atoms with E-state index in [-0.39, 0.29) is 6.03 Å². The minimum Gasteiger partial charge on any atom is -0.338 e. The van der Waals surface area contributed by atoms with E-state index in [4.69, 9.17) is 0 Å². The molecule has 0 radical (unpaired) electrons. The second-order valence-corrected chi connectivity index (χ2v) is 8.89. The minimum atomic E-state index is -3.21. The van der Waals surface area contributed by atoms with Crippen LogP contribution in [0.1, 0.15) is 45.4 Å². The van der Waals surface area contributed by atoms with Gasteiger partial charge in [-0.15, -0.1) is 0 Å². The Bertz CT molecular complexity index is 661. The van der Waals surface area contributed by atoms with Crippen LogP contribution in [0.4, 0.5) is 4.79 Å². The van der Waals surface area contributed by atoms with Gasteiger partial charge in [0.1, 0.15) is 0 Å². The Balaban J connectivity index is 1.96. The molecule has 0 atom stereocenters. The summed E-state index contributed by atoms with van der Waals surface area (Å²) in [5.74, 6) is 0. The van der Waals surface area contributed by atoms with Crippen LogP contribution in [0.2, 0.25) is 0 Å². The van der Waals surface area contributed by atoms with Crippen molar-refractivity contribution in [3.05, 3.63) is 60.7 Å². The second-order valence-electron chi connectivity index (χ2n) is 6.42. The Morgan fingerprint density at radius 3 is 1.85 bits per heavy atom. The van der Waals surface area contributed by atoms with E-state index in [1.807, 2.05) is 36.4 Å². The molecule has 5 heteroatoms. The zero-order valence-corrected chi connectivity index (χ0v) is 16.4. The van der Waals surface area contributed by atoms with Crippen molar-refractivity contribution in [3.8, 4) is 0 Å². The first-order valence-corrected chi connectivity index (χ1v) is 11.1. The van der Waals surface area contributed by atoms with Crippen molar-refractivity contribution < 1.29 is 9.36 Å². The highest BCUT2D eigenvalue weighted by Gasteiger charge is 2.29. The molecule has 0 aliphatic carbocycles. The fourth-order valence-electron chi connectivity index (χ4n) is 2.84. The summed E-state index contributed by atoms with van der Waals surface area (Å²) in [6.07, 6.45) is 7.00. The number of nitrogens with one attached hydrogen (secondary N) is 2. The summed E-state index contributed by atoms with van der Waals surface area (Å²) in [7, 11) is -3.21. The lowest BCUT2D eigenvalue weighted by molar-refractivity contribution is 0.245. The van der Waals surface area contributed by atoms with Crippen molar-refractivity contribution in [2.24, 2.45) is 0 Å². The molecule has 0 unspecified atom stereocenters. The van der Waals surface area contributed by atoms with Crippen molar-refractivity contribution in [2.45, 2.75) is 45.4 Å². The lowest BCUT2D eigenvalue weighted by Gasteiger charge is -2.20. The molecule has 2 amide bonds. The Kier molecular flexibility index (Phi) is 8.43. The van der Waals surface area contributed by atoms with E-state index >= 15 is 0 Å². The Morgan fingerprint density at radius 2 is 1.31 bits per heavy atom. The number of amides is 2. The van der Waals surface area contributed by atoms with Crippen LogP contribution >= 0.6 is 7.29 Å². The van der Waals surface area contributed by atoms with Crippen LogP contribution in [0.25, 0.3) is 0 Å². The van der Waals surface area contributed by atoms with E-state index in [9.17, 15) is 9.36 Å². The third-order valence-electron chi connectivity index (χ3n) is 4.31. The van der Waals surface area contributed by atoms with Gasteiger partial charge in [0.05, 0.1) is 0 Å². The fourth-order valence-corrected chi connectivity index (χ4v) is 4.95. The Hall–Kier alpha value is -2.06. The maximum atomic E-state index is 13.7. The summed E-state index contributed by atoms with van der Waals surface area (Å²) in [5, 5.41) is 6.84. The normalized spacial score (nSPS) is 11.1. The van der Waals surface area contributed by atoms with Crippen molar-refractivity contribution in [3.63, 3.8) is 0 Å². The number of urea groups is 1. The summed E-state index contributed by atoms with van der Waals surface area (Å²) >= 11 is 0. The van der Waals surface area contributed by atoms with Gasteiger partial charge in [0.2, 0.25) is 7.29 Å². The first kappa shape index (κ1) is 20.3. The molecule has 0 aromatic heterocycles. The van der Waals surface area contributed by atoms with Crippen molar-refractivity contribution in [1.82, 2.24) is 10.4 Å².